The van der Waals surface area contributed by atoms with Crippen molar-refractivity contribution in [2.24, 2.45) is 5.92 Å². The molecule has 6 nitrogen and oxygen atoms in total. The highest BCUT2D eigenvalue weighted by atomic mass is 32.1. The Bertz CT molecular complexity index is 780. The van der Waals surface area contributed by atoms with Crippen LogP contribution in [0.1, 0.15) is 80.2 Å². The van der Waals surface area contributed by atoms with Crippen LogP contribution in [0, 0.1) is 5.92 Å². The summed E-state index contributed by atoms with van der Waals surface area (Å²) in [5.41, 5.74) is 1.84. The number of carbonyl (C=O) groups excluding carboxylic acids is 2. The van der Waals surface area contributed by atoms with E-state index in [-0.39, 0.29) is 18.0 Å². The van der Waals surface area contributed by atoms with Crippen LogP contribution in [0.5, 0.6) is 0 Å². The van der Waals surface area contributed by atoms with E-state index in [2.05, 4.69) is 11.4 Å². The van der Waals surface area contributed by atoms with E-state index >= 15 is 0 Å². The number of allylic oxidation sites excluding steroid dienone is 2. The molecule has 3 heterocycles. The van der Waals surface area contributed by atoms with Gasteiger partial charge in [0.05, 0.1) is 5.01 Å². The monoisotopic (exact) mass is 416 g/mol. The Morgan fingerprint density at radius 3 is 2.62 bits per heavy atom. The molecule has 3 aliphatic rings. The van der Waals surface area contributed by atoms with Crippen molar-refractivity contribution in [2.45, 2.75) is 70.8 Å². The maximum Gasteiger partial charge on any atom is 0.317 e. The second-order valence-corrected chi connectivity index (χ2v) is 9.68. The van der Waals surface area contributed by atoms with Crippen LogP contribution in [0.3, 0.4) is 0 Å². The molecule has 2 fully saturated rings. The van der Waals surface area contributed by atoms with Gasteiger partial charge in [0.2, 0.25) is 0 Å². The van der Waals surface area contributed by atoms with Crippen molar-refractivity contribution in [3.8, 4) is 0 Å². The van der Waals surface area contributed by atoms with Crippen LogP contribution in [0.2, 0.25) is 0 Å². The first-order chi connectivity index (χ1) is 14.0. The van der Waals surface area contributed by atoms with Gasteiger partial charge in [0, 0.05) is 42.7 Å². The number of urea groups is 1. The molecular weight excluding hydrogens is 384 g/mol. The summed E-state index contributed by atoms with van der Waals surface area (Å²) in [5, 5.41) is 5.94. The zero-order valence-corrected chi connectivity index (χ0v) is 18.3. The molecule has 1 N–H and O–H groups in total. The lowest BCUT2D eigenvalue weighted by Gasteiger charge is -2.37. The fraction of sp³-hybridized carbons (Fsp3) is 0.682. The Kier molecular flexibility index (Phi) is 6.23. The number of amides is 3. The molecule has 3 amide bonds. The SMILES string of the molecule is CC(C)NC(=O)N1CCC(c2nc(C(=O)N3CCCC4CCCC=C43)cs2)CC1. The summed E-state index contributed by atoms with van der Waals surface area (Å²) in [4.78, 5) is 34.0. The molecule has 2 saturated heterocycles. The average molecular weight is 417 g/mol. The third kappa shape index (κ3) is 4.49. The van der Waals surface area contributed by atoms with Crippen LogP contribution in [0.15, 0.2) is 17.2 Å². The van der Waals surface area contributed by atoms with Gasteiger partial charge in [-0.05, 0) is 64.7 Å². The Balaban J connectivity index is 1.38. The molecule has 0 bridgehead atoms. The van der Waals surface area contributed by atoms with Gasteiger partial charge in [-0.1, -0.05) is 6.08 Å². The van der Waals surface area contributed by atoms with Gasteiger partial charge in [-0.3, -0.25) is 4.79 Å². The topological polar surface area (TPSA) is 65.5 Å². The molecule has 0 spiro atoms. The minimum atomic E-state index is 0.0221. The molecule has 1 unspecified atom stereocenters. The number of nitrogens with zero attached hydrogens (tertiary/aromatic N) is 3. The van der Waals surface area contributed by atoms with Gasteiger partial charge in [-0.25, -0.2) is 9.78 Å². The summed E-state index contributed by atoms with van der Waals surface area (Å²) in [7, 11) is 0. The molecule has 1 aromatic heterocycles. The highest BCUT2D eigenvalue weighted by molar-refractivity contribution is 7.09. The first-order valence-electron chi connectivity index (χ1n) is 11.1. The zero-order valence-electron chi connectivity index (χ0n) is 17.5. The van der Waals surface area contributed by atoms with Gasteiger partial charge in [0.1, 0.15) is 5.69 Å². The Morgan fingerprint density at radius 1 is 1.10 bits per heavy atom. The number of thiazole rings is 1. The number of fused-ring (bicyclic) bond motifs is 1. The Morgan fingerprint density at radius 2 is 1.86 bits per heavy atom. The molecule has 1 aromatic rings. The van der Waals surface area contributed by atoms with Gasteiger partial charge in [-0.2, -0.15) is 0 Å². The second kappa shape index (κ2) is 8.86. The van der Waals surface area contributed by atoms with Gasteiger partial charge in [-0.15, -0.1) is 11.3 Å². The second-order valence-electron chi connectivity index (χ2n) is 8.79. The number of carbonyl (C=O) groups is 2. The zero-order chi connectivity index (χ0) is 20.4. The summed E-state index contributed by atoms with van der Waals surface area (Å²) in [6.07, 6.45) is 9.92. The number of hydrogen-bond acceptors (Lipinski definition) is 4. The highest BCUT2D eigenvalue weighted by Gasteiger charge is 2.32. The number of hydrogen-bond donors (Lipinski definition) is 1. The van der Waals surface area contributed by atoms with E-state index in [0.29, 0.717) is 17.5 Å². The number of aromatic nitrogens is 1. The third-order valence-corrected chi connectivity index (χ3v) is 7.31. The van der Waals surface area contributed by atoms with Crippen LogP contribution in [0.25, 0.3) is 0 Å². The summed E-state index contributed by atoms with van der Waals surface area (Å²) < 4.78 is 0. The Labute approximate surface area is 177 Å². The normalized spacial score (nSPS) is 23.0. The molecule has 1 aliphatic carbocycles. The molecule has 0 radical (unpaired) electrons. The van der Waals surface area contributed by atoms with E-state index in [1.54, 1.807) is 11.3 Å². The largest absolute Gasteiger partial charge is 0.336 e. The summed E-state index contributed by atoms with van der Waals surface area (Å²) >= 11 is 1.60. The number of nitrogens with one attached hydrogen (secondary N) is 1. The van der Waals surface area contributed by atoms with Gasteiger partial charge in [0.25, 0.3) is 5.91 Å². The first-order valence-corrected chi connectivity index (χ1v) is 11.9. The van der Waals surface area contributed by atoms with E-state index in [4.69, 9.17) is 4.98 Å². The van der Waals surface area contributed by atoms with Crippen molar-refractivity contribution < 1.29 is 9.59 Å². The first kappa shape index (κ1) is 20.4. The van der Waals surface area contributed by atoms with E-state index in [9.17, 15) is 9.59 Å². The molecule has 0 saturated carbocycles. The number of rotatable bonds is 3. The minimum Gasteiger partial charge on any atom is -0.336 e. The molecule has 4 rings (SSSR count). The van der Waals surface area contributed by atoms with Crippen LogP contribution in [-0.4, -0.2) is 52.4 Å². The van der Waals surface area contributed by atoms with Crippen molar-refractivity contribution in [2.75, 3.05) is 19.6 Å². The molecule has 158 valence electrons. The molecular formula is C22H32N4O2S. The van der Waals surface area contributed by atoms with Crippen LogP contribution in [0.4, 0.5) is 4.79 Å². The van der Waals surface area contributed by atoms with Crippen LogP contribution < -0.4 is 5.32 Å². The van der Waals surface area contributed by atoms with Crippen molar-refractivity contribution in [1.29, 1.82) is 0 Å². The average Bonchev–Trinajstić information content (AvgIpc) is 3.23. The Hall–Kier alpha value is -1.89. The highest BCUT2D eigenvalue weighted by Crippen LogP contribution is 2.36. The molecule has 2 aliphatic heterocycles. The van der Waals surface area contributed by atoms with E-state index < -0.39 is 0 Å². The molecule has 29 heavy (non-hydrogen) atoms. The van der Waals surface area contributed by atoms with Gasteiger partial charge in [0.15, 0.2) is 0 Å². The lowest BCUT2D eigenvalue weighted by molar-refractivity contribution is 0.0743. The van der Waals surface area contributed by atoms with Crippen LogP contribution >= 0.6 is 11.3 Å². The van der Waals surface area contributed by atoms with E-state index in [1.165, 1.54) is 25.0 Å². The molecule has 1 atom stereocenters. The summed E-state index contributed by atoms with van der Waals surface area (Å²) in [6, 6.07) is 0.176. The van der Waals surface area contributed by atoms with Crippen molar-refractivity contribution in [1.82, 2.24) is 20.1 Å². The third-order valence-electron chi connectivity index (χ3n) is 6.30. The lowest BCUT2D eigenvalue weighted by atomic mass is 9.85. The number of piperidine rings is 2. The fourth-order valence-corrected chi connectivity index (χ4v) is 5.74. The van der Waals surface area contributed by atoms with E-state index in [1.807, 2.05) is 29.0 Å². The smallest absolute Gasteiger partial charge is 0.317 e. The molecule has 7 heteroatoms. The number of likely N-dealkylation sites (tertiary alicyclic amines) is 2. The lowest BCUT2D eigenvalue weighted by Crippen LogP contribution is -2.46. The predicted octanol–water partition coefficient (Wildman–Crippen LogP) is 4.36. The summed E-state index contributed by atoms with van der Waals surface area (Å²) in [5.74, 6) is 0.965. The van der Waals surface area contributed by atoms with E-state index in [0.717, 1.165) is 50.3 Å². The predicted molar refractivity (Wildman–Crippen MR) is 115 cm³/mol. The quantitative estimate of drug-likeness (QED) is 0.796. The maximum atomic E-state index is 13.2. The van der Waals surface area contributed by atoms with Gasteiger partial charge < -0.3 is 15.1 Å². The standard InChI is InChI=1S/C22H32N4O2S/c1-15(2)23-22(28)25-12-9-17(10-13-25)20-24-18(14-29-20)21(27)26-11-5-7-16-6-3-4-8-19(16)26/h8,14-17H,3-7,9-13H2,1-2H3,(H,23,28). The molecule has 0 aromatic carbocycles. The maximum absolute atomic E-state index is 13.2. The van der Waals surface area contributed by atoms with Crippen LogP contribution in [-0.2, 0) is 0 Å². The fourth-order valence-electron chi connectivity index (χ4n) is 4.77. The minimum absolute atomic E-state index is 0.0221. The summed E-state index contributed by atoms with van der Waals surface area (Å²) in [6.45, 7) is 6.26. The van der Waals surface area contributed by atoms with Crippen molar-refractivity contribution in [3.05, 3.63) is 27.9 Å². The van der Waals surface area contributed by atoms with Crippen molar-refractivity contribution >= 4 is 23.3 Å². The van der Waals surface area contributed by atoms with Crippen molar-refractivity contribution in [3.63, 3.8) is 0 Å². The van der Waals surface area contributed by atoms with Gasteiger partial charge >= 0.3 is 6.03 Å².